The second kappa shape index (κ2) is 9.92. The van der Waals surface area contributed by atoms with Crippen LogP contribution < -0.4 is 15.0 Å². The minimum Gasteiger partial charge on any atom is -0.454 e. The molecule has 0 bridgehead atoms. The van der Waals surface area contributed by atoms with Crippen LogP contribution in [0.15, 0.2) is 53.3 Å². The molecule has 4 aromatic rings. The molecule has 7 rings (SSSR count). The lowest BCUT2D eigenvalue weighted by Crippen LogP contribution is -2.38. The average Bonchev–Trinajstić information content (AvgIpc) is 3.63. The van der Waals surface area contributed by atoms with Gasteiger partial charge in [0.05, 0.1) is 11.6 Å². The number of fused-ring (bicyclic) bond motifs is 2. The smallest absolute Gasteiger partial charge is 0.253 e. The van der Waals surface area contributed by atoms with Gasteiger partial charge in [0.15, 0.2) is 17.3 Å². The van der Waals surface area contributed by atoms with Gasteiger partial charge in [0, 0.05) is 30.1 Å². The number of nitrogens with zero attached hydrogens (tertiary/aromatic N) is 5. The van der Waals surface area contributed by atoms with Gasteiger partial charge >= 0.3 is 0 Å². The minimum absolute atomic E-state index is 0.165. The van der Waals surface area contributed by atoms with E-state index in [0.29, 0.717) is 41.5 Å². The average molecular weight is 529 g/mol. The molecule has 1 atom stereocenters. The summed E-state index contributed by atoms with van der Waals surface area (Å²) in [5.74, 6) is 1.72. The number of aromatic amines is 1. The highest BCUT2D eigenvalue weighted by Gasteiger charge is 2.33. The van der Waals surface area contributed by atoms with Gasteiger partial charge in [-0.1, -0.05) is 37.5 Å². The molecule has 2 aromatic heterocycles. The Kier molecular flexibility index (Phi) is 6.11. The number of hydrogen-bond donors (Lipinski definition) is 1. The summed E-state index contributed by atoms with van der Waals surface area (Å²) in [6.45, 7) is 1.47. The molecule has 0 saturated heterocycles. The van der Waals surface area contributed by atoms with Gasteiger partial charge in [-0.25, -0.2) is 9.07 Å². The van der Waals surface area contributed by atoms with Crippen molar-refractivity contribution in [2.24, 2.45) is 0 Å². The largest absolute Gasteiger partial charge is 0.454 e. The van der Waals surface area contributed by atoms with E-state index >= 15 is 0 Å². The molecule has 1 fully saturated rings. The molecule has 39 heavy (non-hydrogen) atoms. The molecule has 0 amide bonds. The molecule has 3 aliphatic rings. The molecular weight excluding hydrogens is 499 g/mol. The predicted molar refractivity (Wildman–Crippen MR) is 143 cm³/mol. The summed E-state index contributed by atoms with van der Waals surface area (Å²) < 4.78 is 26.5. The summed E-state index contributed by atoms with van der Waals surface area (Å²) in [6.07, 6.45) is 8.48. The lowest BCUT2D eigenvalue weighted by atomic mass is 9.94. The maximum absolute atomic E-state index is 13.6. The first-order valence-electron chi connectivity index (χ1n) is 13.6. The number of rotatable bonds is 5. The minimum atomic E-state index is -0.438. The van der Waals surface area contributed by atoms with Gasteiger partial charge in [-0.3, -0.25) is 9.69 Å². The second-order valence-corrected chi connectivity index (χ2v) is 10.5. The van der Waals surface area contributed by atoms with E-state index in [9.17, 15) is 9.18 Å². The van der Waals surface area contributed by atoms with Crippen LogP contribution in [0.1, 0.15) is 67.6 Å². The van der Waals surface area contributed by atoms with Crippen LogP contribution in [-0.4, -0.2) is 50.0 Å². The number of aromatic nitrogens is 5. The number of benzene rings is 2. The summed E-state index contributed by atoms with van der Waals surface area (Å²) in [7, 11) is 0. The van der Waals surface area contributed by atoms with Crippen molar-refractivity contribution in [3.05, 3.63) is 81.7 Å². The van der Waals surface area contributed by atoms with Crippen LogP contribution in [0.5, 0.6) is 11.5 Å². The first kappa shape index (κ1) is 24.0. The number of H-pyrrole nitrogens is 1. The standard InChI is InChI=1S/C29H29FN6O3/c30-21-8-6-18(7-9-21)19-10-12-35(13-11-19)27(28-32-33-34-36(28)22-4-2-1-3-5-22)23-14-20-15-25-26(39-17-38-25)16-24(20)31-29(23)37/h6-10,14-16,22,27H,1-5,11-13,17H2,(H,31,37). The number of hydrogen-bond acceptors (Lipinski definition) is 7. The fraction of sp³-hybridized carbons (Fsp3) is 0.379. The van der Waals surface area contributed by atoms with Gasteiger partial charge in [0.25, 0.3) is 5.56 Å². The van der Waals surface area contributed by atoms with E-state index in [2.05, 4.69) is 31.5 Å². The fourth-order valence-electron chi connectivity index (χ4n) is 6.13. The van der Waals surface area contributed by atoms with E-state index in [1.807, 2.05) is 35.0 Å². The highest BCUT2D eigenvalue weighted by Crippen LogP contribution is 2.38. The zero-order chi connectivity index (χ0) is 26.3. The Balaban J connectivity index is 1.31. The second-order valence-electron chi connectivity index (χ2n) is 10.5. The van der Waals surface area contributed by atoms with Gasteiger partial charge < -0.3 is 14.5 Å². The third-order valence-corrected chi connectivity index (χ3v) is 8.16. The third kappa shape index (κ3) is 4.48. The Bertz CT molecular complexity index is 1610. The molecule has 200 valence electrons. The summed E-state index contributed by atoms with van der Waals surface area (Å²) in [5.41, 5.74) is 3.27. The number of halogens is 1. The van der Waals surface area contributed by atoms with Crippen LogP contribution in [0.3, 0.4) is 0 Å². The predicted octanol–water partition coefficient (Wildman–Crippen LogP) is 4.77. The first-order valence-corrected chi connectivity index (χ1v) is 13.6. The van der Waals surface area contributed by atoms with E-state index in [0.717, 1.165) is 48.6 Å². The molecule has 9 nitrogen and oxygen atoms in total. The van der Waals surface area contributed by atoms with Crippen LogP contribution in [0.25, 0.3) is 16.5 Å². The Morgan fingerprint density at radius 1 is 1.03 bits per heavy atom. The zero-order valence-corrected chi connectivity index (χ0v) is 21.5. The van der Waals surface area contributed by atoms with Gasteiger partial charge in [-0.15, -0.1) is 5.10 Å². The van der Waals surface area contributed by atoms with Gasteiger partial charge in [0.1, 0.15) is 11.9 Å². The van der Waals surface area contributed by atoms with Crippen LogP contribution in [0.2, 0.25) is 0 Å². The van der Waals surface area contributed by atoms with Gasteiger partial charge in [-0.05, 0) is 65.1 Å². The fourth-order valence-corrected chi connectivity index (χ4v) is 6.13. The lowest BCUT2D eigenvalue weighted by Gasteiger charge is -2.34. The monoisotopic (exact) mass is 528 g/mol. The molecule has 0 spiro atoms. The Morgan fingerprint density at radius 3 is 2.59 bits per heavy atom. The highest BCUT2D eigenvalue weighted by atomic mass is 19.1. The molecule has 4 heterocycles. The SMILES string of the molecule is O=c1[nH]c2cc3c(cc2cc1C(c1nnnn1C1CCCCC1)N1CC=C(c2ccc(F)cc2)CC1)OCO3. The topological polar surface area (TPSA) is 98.2 Å². The molecule has 10 heteroatoms. The van der Waals surface area contributed by atoms with Crippen molar-refractivity contribution in [2.45, 2.75) is 50.6 Å². The Morgan fingerprint density at radius 2 is 1.82 bits per heavy atom. The van der Waals surface area contributed by atoms with Crippen LogP contribution in [0, 0.1) is 5.82 Å². The maximum Gasteiger partial charge on any atom is 0.253 e. The number of tetrazole rings is 1. The molecule has 0 radical (unpaired) electrons. The van der Waals surface area contributed by atoms with Crippen molar-refractivity contribution in [3.8, 4) is 11.5 Å². The Hall–Kier alpha value is -4.05. The summed E-state index contributed by atoms with van der Waals surface area (Å²) in [5, 5.41) is 13.9. The lowest BCUT2D eigenvalue weighted by molar-refractivity contribution is 0.174. The maximum atomic E-state index is 13.6. The summed E-state index contributed by atoms with van der Waals surface area (Å²) >= 11 is 0. The summed E-state index contributed by atoms with van der Waals surface area (Å²) in [4.78, 5) is 18.9. The first-order chi connectivity index (χ1) is 19.1. The van der Waals surface area contributed by atoms with Crippen molar-refractivity contribution in [2.75, 3.05) is 19.9 Å². The number of nitrogens with one attached hydrogen (secondary N) is 1. The number of pyridine rings is 1. The van der Waals surface area contributed by atoms with Gasteiger partial charge in [0.2, 0.25) is 6.79 Å². The van der Waals surface area contributed by atoms with Gasteiger partial charge in [-0.2, -0.15) is 0 Å². The van der Waals surface area contributed by atoms with E-state index in [4.69, 9.17) is 9.47 Å². The van der Waals surface area contributed by atoms with Crippen LogP contribution in [0.4, 0.5) is 4.39 Å². The van der Waals surface area contributed by atoms with Crippen molar-refractivity contribution in [1.29, 1.82) is 0 Å². The van der Waals surface area contributed by atoms with Crippen LogP contribution >= 0.6 is 0 Å². The zero-order valence-electron chi connectivity index (χ0n) is 21.5. The molecule has 2 aliphatic heterocycles. The molecule has 1 N–H and O–H groups in total. The molecule has 1 unspecified atom stereocenters. The van der Waals surface area contributed by atoms with Crippen molar-refractivity contribution in [1.82, 2.24) is 30.1 Å². The molecular formula is C29H29FN6O3. The highest BCUT2D eigenvalue weighted by molar-refractivity contribution is 5.83. The molecule has 2 aromatic carbocycles. The summed E-state index contributed by atoms with van der Waals surface area (Å²) in [6, 6.07) is 12.0. The van der Waals surface area contributed by atoms with Crippen molar-refractivity contribution >= 4 is 16.5 Å². The molecule has 1 aliphatic carbocycles. The quantitative estimate of drug-likeness (QED) is 0.399. The van der Waals surface area contributed by atoms with E-state index in [1.54, 1.807) is 0 Å². The van der Waals surface area contributed by atoms with Crippen LogP contribution in [-0.2, 0) is 0 Å². The third-order valence-electron chi connectivity index (χ3n) is 8.16. The molecule has 1 saturated carbocycles. The van der Waals surface area contributed by atoms with Crippen molar-refractivity contribution < 1.29 is 13.9 Å². The van der Waals surface area contributed by atoms with E-state index in [-0.39, 0.29) is 24.2 Å². The van der Waals surface area contributed by atoms with E-state index in [1.165, 1.54) is 18.6 Å². The van der Waals surface area contributed by atoms with Crippen molar-refractivity contribution in [3.63, 3.8) is 0 Å². The normalized spacial score (nSPS) is 18.8. The number of ether oxygens (including phenoxy) is 2. The Labute approximate surface area is 224 Å². The van der Waals surface area contributed by atoms with E-state index < -0.39 is 6.04 Å².